The summed E-state index contributed by atoms with van der Waals surface area (Å²) in [6.07, 6.45) is 3.79. The smallest absolute Gasteiger partial charge is 0.227 e. The van der Waals surface area contributed by atoms with E-state index in [-0.39, 0.29) is 11.7 Å². The van der Waals surface area contributed by atoms with Gasteiger partial charge in [-0.3, -0.25) is 14.2 Å². The van der Waals surface area contributed by atoms with Gasteiger partial charge in [0.2, 0.25) is 5.91 Å². The van der Waals surface area contributed by atoms with Gasteiger partial charge in [-0.1, -0.05) is 12.1 Å². The van der Waals surface area contributed by atoms with Gasteiger partial charge in [0.05, 0.1) is 23.8 Å². The first-order valence-corrected chi connectivity index (χ1v) is 8.56. The van der Waals surface area contributed by atoms with Gasteiger partial charge in [-0.2, -0.15) is 10.2 Å². The Balaban J connectivity index is 1.53. The van der Waals surface area contributed by atoms with E-state index in [4.69, 9.17) is 0 Å². The molecule has 1 amide bonds. The Kier molecular flexibility index (Phi) is 5.28. The number of carbonyl (C=O) groups excluding carboxylic acids is 1. The van der Waals surface area contributed by atoms with Crippen LogP contribution in [0.4, 0.5) is 10.2 Å². The highest BCUT2D eigenvalue weighted by Crippen LogP contribution is 2.14. The fourth-order valence-electron chi connectivity index (χ4n) is 2.36. The predicted octanol–water partition coefficient (Wildman–Crippen LogP) is 3.37. The summed E-state index contributed by atoms with van der Waals surface area (Å²) in [6, 6.07) is 7.98. The second-order valence-electron chi connectivity index (χ2n) is 5.62. The molecular weight excluding hydrogens is 389 g/mol. The molecule has 0 bridgehead atoms. The van der Waals surface area contributed by atoms with Crippen LogP contribution in [0.25, 0.3) is 0 Å². The van der Waals surface area contributed by atoms with Crippen molar-refractivity contribution in [1.82, 2.24) is 19.6 Å². The molecule has 3 aromatic rings. The van der Waals surface area contributed by atoms with Crippen LogP contribution < -0.4 is 5.32 Å². The van der Waals surface area contributed by atoms with E-state index in [0.717, 1.165) is 15.7 Å². The number of rotatable bonds is 6. The number of carbonyl (C=O) groups is 1. The maximum absolute atomic E-state index is 12.9. The number of nitrogens with one attached hydrogen (secondary N) is 1. The minimum absolute atomic E-state index is 0.127. The minimum Gasteiger partial charge on any atom is -0.309 e. The van der Waals surface area contributed by atoms with Crippen molar-refractivity contribution in [2.75, 3.05) is 5.32 Å². The van der Waals surface area contributed by atoms with Gasteiger partial charge in [-0.15, -0.1) is 0 Å². The van der Waals surface area contributed by atoms with Crippen molar-refractivity contribution in [2.24, 2.45) is 0 Å². The normalized spacial score (nSPS) is 10.8. The number of amides is 1. The molecule has 8 heteroatoms. The SMILES string of the molecule is Cc1c(Br)cnn1CCC(=O)Nc1ccn(Cc2ccc(F)cc2)n1. The summed E-state index contributed by atoms with van der Waals surface area (Å²) in [6.45, 7) is 2.95. The highest BCUT2D eigenvalue weighted by atomic mass is 79.9. The average Bonchev–Trinajstić information content (AvgIpc) is 3.15. The molecule has 25 heavy (non-hydrogen) atoms. The summed E-state index contributed by atoms with van der Waals surface area (Å²) in [4.78, 5) is 12.1. The summed E-state index contributed by atoms with van der Waals surface area (Å²) >= 11 is 3.39. The third kappa shape index (κ3) is 4.54. The average molecular weight is 406 g/mol. The lowest BCUT2D eigenvalue weighted by atomic mass is 10.2. The lowest BCUT2D eigenvalue weighted by molar-refractivity contribution is -0.116. The van der Waals surface area contributed by atoms with Crippen LogP contribution in [0.5, 0.6) is 0 Å². The van der Waals surface area contributed by atoms with Gasteiger partial charge in [-0.05, 0) is 40.5 Å². The lowest BCUT2D eigenvalue weighted by Gasteiger charge is -2.05. The Morgan fingerprint density at radius 3 is 2.72 bits per heavy atom. The number of anilines is 1. The molecule has 0 radical (unpaired) electrons. The number of benzene rings is 1. The number of aromatic nitrogens is 4. The van der Waals surface area contributed by atoms with Crippen LogP contribution in [0.2, 0.25) is 0 Å². The molecule has 2 heterocycles. The van der Waals surface area contributed by atoms with Crippen LogP contribution in [-0.2, 0) is 17.9 Å². The van der Waals surface area contributed by atoms with Crippen LogP contribution in [0.15, 0.2) is 47.2 Å². The molecule has 0 spiro atoms. The molecule has 1 N–H and O–H groups in total. The number of halogens is 2. The number of hydrogen-bond donors (Lipinski definition) is 1. The van der Waals surface area contributed by atoms with E-state index in [1.54, 1.807) is 40.0 Å². The number of hydrogen-bond acceptors (Lipinski definition) is 3. The van der Waals surface area contributed by atoms with E-state index < -0.39 is 0 Å². The largest absolute Gasteiger partial charge is 0.309 e. The molecule has 130 valence electrons. The summed E-state index contributed by atoms with van der Waals surface area (Å²) in [7, 11) is 0. The second-order valence-corrected chi connectivity index (χ2v) is 6.48. The molecule has 6 nitrogen and oxygen atoms in total. The zero-order valence-corrected chi connectivity index (χ0v) is 15.2. The summed E-state index contributed by atoms with van der Waals surface area (Å²) < 4.78 is 17.3. The Morgan fingerprint density at radius 1 is 1.28 bits per heavy atom. The maximum atomic E-state index is 12.9. The van der Waals surface area contributed by atoms with Crippen molar-refractivity contribution in [2.45, 2.75) is 26.4 Å². The van der Waals surface area contributed by atoms with E-state index in [1.807, 2.05) is 6.92 Å². The predicted molar refractivity (Wildman–Crippen MR) is 95.6 cm³/mol. The third-order valence-corrected chi connectivity index (χ3v) is 4.54. The van der Waals surface area contributed by atoms with Gasteiger partial charge in [0.25, 0.3) is 0 Å². The molecule has 0 atom stereocenters. The minimum atomic E-state index is -0.267. The molecule has 0 fully saturated rings. The van der Waals surface area contributed by atoms with E-state index in [9.17, 15) is 9.18 Å². The molecule has 0 aliphatic heterocycles. The van der Waals surface area contributed by atoms with Crippen molar-refractivity contribution in [1.29, 1.82) is 0 Å². The number of aryl methyl sites for hydroxylation is 1. The summed E-state index contributed by atoms with van der Waals surface area (Å²) in [5.41, 5.74) is 1.92. The van der Waals surface area contributed by atoms with Gasteiger partial charge in [0.15, 0.2) is 5.82 Å². The zero-order valence-electron chi connectivity index (χ0n) is 13.6. The first kappa shape index (κ1) is 17.3. The Labute approximate surface area is 152 Å². The van der Waals surface area contributed by atoms with Crippen molar-refractivity contribution in [3.8, 4) is 0 Å². The Bertz CT molecular complexity index is 872. The molecule has 0 saturated heterocycles. The summed E-state index contributed by atoms with van der Waals surface area (Å²) in [5.74, 6) is 0.0974. The van der Waals surface area contributed by atoms with Gasteiger partial charge in [0, 0.05) is 24.4 Å². The van der Waals surface area contributed by atoms with Crippen LogP contribution in [0.1, 0.15) is 17.7 Å². The van der Waals surface area contributed by atoms with E-state index in [2.05, 4.69) is 31.4 Å². The van der Waals surface area contributed by atoms with E-state index >= 15 is 0 Å². The van der Waals surface area contributed by atoms with Crippen molar-refractivity contribution in [3.05, 3.63) is 64.3 Å². The molecule has 3 rings (SSSR count). The van der Waals surface area contributed by atoms with Gasteiger partial charge in [0.1, 0.15) is 5.82 Å². The van der Waals surface area contributed by atoms with Crippen LogP contribution in [0.3, 0.4) is 0 Å². The fraction of sp³-hybridized carbons (Fsp3) is 0.235. The monoisotopic (exact) mass is 405 g/mol. The third-order valence-electron chi connectivity index (χ3n) is 3.76. The first-order valence-electron chi connectivity index (χ1n) is 7.77. The highest BCUT2D eigenvalue weighted by molar-refractivity contribution is 9.10. The molecule has 0 aliphatic carbocycles. The molecule has 0 saturated carbocycles. The highest BCUT2D eigenvalue weighted by Gasteiger charge is 2.08. The Hall–Kier alpha value is -2.48. The Morgan fingerprint density at radius 2 is 2.04 bits per heavy atom. The molecular formula is C17H17BrFN5O. The van der Waals surface area contributed by atoms with Crippen molar-refractivity contribution >= 4 is 27.7 Å². The number of nitrogens with zero attached hydrogens (tertiary/aromatic N) is 4. The van der Waals surface area contributed by atoms with Crippen molar-refractivity contribution in [3.63, 3.8) is 0 Å². The maximum Gasteiger partial charge on any atom is 0.227 e. The van der Waals surface area contributed by atoms with Crippen LogP contribution >= 0.6 is 15.9 Å². The topological polar surface area (TPSA) is 64.7 Å². The first-order chi connectivity index (χ1) is 12.0. The van der Waals surface area contributed by atoms with E-state index in [0.29, 0.717) is 25.3 Å². The van der Waals surface area contributed by atoms with Gasteiger partial charge < -0.3 is 5.32 Å². The molecule has 2 aromatic heterocycles. The van der Waals surface area contributed by atoms with Gasteiger partial charge >= 0.3 is 0 Å². The zero-order chi connectivity index (χ0) is 17.8. The van der Waals surface area contributed by atoms with Gasteiger partial charge in [-0.25, -0.2) is 4.39 Å². The molecule has 0 aliphatic rings. The molecule has 0 unspecified atom stereocenters. The van der Waals surface area contributed by atoms with E-state index in [1.165, 1.54) is 12.1 Å². The van der Waals surface area contributed by atoms with Crippen molar-refractivity contribution < 1.29 is 9.18 Å². The summed E-state index contributed by atoms with van der Waals surface area (Å²) in [5, 5.41) is 11.3. The van der Waals surface area contributed by atoms with Crippen LogP contribution in [0, 0.1) is 12.7 Å². The standard InChI is InChI=1S/C17H17BrFN5O/c1-12-15(18)10-20-24(12)9-7-17(25)21-16-6-8-23(22-16)11-13-2-4-14(19)5-3-13/h2-6,8,10H,7,9,11H2,1H3,(H,21,22,25). The molecule has 1 aromatic carbocycles. The lowest BCUT2D eigenvalue weighted by Crippen LogP contribution is -2.16. The quantitative estimate of drug-likeness (QED) is 0.683. The fourth-order valence-corrected chi connectivity index (χ4v) is 2.65. The second kappa shape index (κ2) is 7.60. The van der Waals surface area contributed by atoms with Crippen LogP contribution in [-0.4, -0.2) is 25.5 Å².